The monoisotopic (exact) mass is 309 g/mol. The number of rotatable bonds is 4. The first-order valence-electron chi connectivity index (χ1n) is 6.97. The van der Waals surface area contributed by atoms with Gasteiger partial charge >= 0.3 is 0 Å². The summed E-state index contributed by atoms with van der Waals surface area (Å²) in [5, 5.41) is 20.2. The van der Waals surface area contributed by atoms with Crippen LogP contribution in [0, 0.1) is 28.6 Å². The third-order valence-electron chi connectivity index (χ3n) is 3.92. The van der Waals surface area contributed by atoms with Gasteiger partial charge in [-0.3, -0.25) is 4.79 Å². The molecule has 2 aromatic carbocycles. The molecule has 5 heteroatoms. The Kier molecular flexibility index (Phi) is 3.71. The van der Waals surface area contributed by atoms with Crippen molar-refractivity contribution in [1.29, 1.82) is 10.5 Å². The molecule has 1 heterocycles. The highest BCUT2D eigenvalue weighted by Crippen LogP contribution is 2.40. The van der Waals surface area contributed by atoms with E-state index in [2.05, 4.69) is 6.07 Å². The molecule has 108 valence electrons. The van der Waals surface area contributed by atoms with Crippen LogP contribution in [0.2, 0.25) is 5.02 Å². The molecule has 0 fully saturated rings. The van der Waals surface area contributed by atoms with Gasteiger partial charge in [0.25, 0.3) is 5.91 Å². The summed E-state index contributed by atoms with van der Waals surface area (Å²) in [4.78, 5) is 14.2. The van der Waals surface area contributed by atoms with Crippen molar-refractivity contribution in [3.63, 3.8) is 0 Å². The summed E-state index contributed by atoms with van der Waals surface area (Å²) >= 11 is 6.21. The van der Waals surface area contributed by atoms with Gasteiger partial charge in [-0.05, 0) is 24.6 Å². The first-order valence-corrected chi connectivity index (χ1v) is 7.35. The highest BCUT2D eigenvalue weighted by molar-refractivity contribution is 6.38. The number of hydrogen-bond acceptors (Lipinski definition) is 3. The molecule has 1 aliphatic rings. The summed E-state index contributed by atoms with van der Waals surface area (Å²) in [5.74, 6) is -0.469. The Morgan fingerprint density at radius 3 is 2.77 bits per heavy atom. The van der Waals surface area contributed by atoms with Crippen molar-refractivity contribution >= 4 is 34.0 Å². The van der Waals surface area contributed by atoms with E-state index in [4.69, 9.17) is 16.9 Å². The molecule has 1 unspecified atom stereocenters. The van der Waals surface area contributed by atoms with E-state index in [1.165, 1.54) is 0 Å². The molecule has 1 atom stereocenters. The quantitative estimate of drug-likeness (QED) is 0.860. The summed E-state index contributed by atoms with van der Waals surface area (Å²) in [6.07, 6.45) is 0.771. The van der Waals surface area contributed by atoms with Gasteiger partial charge in [-0.25, -0.2) is 0 Å². The lowest BCUT2D eigenvalue weighted by Gasteiger charge is -2.20. The molecule has 1 amide bonds. The van der Waals surface area contributed by atoms with Crippen molar-refractivity contribution < 1.29 is 4.79 Å². The van der Waals surface area contributed by atoms with Crippen molar-refractivity contribution in [2.75, 3.05) is 11.4 Å². The molecule has 0 aromatic heterocycles. The van der Waals surface area contributed by atoms with Crippen LogP contribution in [-0.2, 0) is 0 Å². The average Bonchev–Trinajstić information content (AvgIpc) is 2.81. The molecule has 0 radical (unpaired) electrons. The predicted octanol–water partition coefficient (Wildman–Crippen LogP) is 3.90. The molecule has 22 heavy (non-hydrogen) atoms. The zero-order chi connectivity index (χ0) is 15.7. The SMILES string of the molecule is N#CCCC(C#N)CN1C(=O)c2cccc3c(Cl)ccc1c23. The molecule has 0 aliphatic carbocycles. The van der Waals surface area contributed by atoms with Crippen LogP contribution in [0.4, 0.5) is 5.69 Å². The highest BCUT2D eigenvalue weighted by atomic mass is 35.5. The van der Waals surface area contributed by atoms with Gasteiger partial charge in [0.15, 0.2) is 0 Å². The van der Waals surface area contributed by atoms with Crippen LogP contribution in [0.25, 0.3) is 10.8 Å². The Balaban J connectivity index is 2.01. The fraction of sp³-hybridized carbons (Fsp3) is 0.235. The predicted molar refractivity (Wildman–Crippen MR) is 84.6 cm³/mol. The molecular formula is C17H12ClN3O. The molecule has 0 bridgehead atoms. The zero-order valence-corrected chi connectivity index (χ0v) is 12.5. The van der Waals surface area contributed by atoms with Crippen molar-refractivity contribution in [3.8, 4) is 12.1 Å². The summed E-state index contributed by atoms with van der Waals surface area (Å²) in [6.45, 7) is 0.294. The minimum atomic E-state index is -0.358. The molecule has 0 N–H and O–H groups in total. The minimum absolute atomic E-state index is 0.111. The van der Waals surface area contributed by atoms with Gasteiger partial charge in [0, 0.05) is 34.3 Å². The molecule has 3 rings (SSSR count). The third kappa shape index (κ3) is 2.19. The second-order valence-corrected chi connectivity index (χ2v) is 5.64. The number of carbonyl (C=O) groups excluding carboxylic acids is 1. The van der Waals surface area contributed by atoms with E-state index in [1.807, 2.05) is 24.3 Å². The van der Waals surface area contributed by atoms with Crippen LogP contribution in [-0.4, -0.2) is 12.5 Å². The van der Waals surface area contributed by atoms with Crippen molar-refractivity contribution in [2.24, 2.45) is 5.92 Å². The largest absolute Gasteiger partial charge is 0.306 e. The van der Waals surface area contributed by atoms with Crippen LogP contribution in [0.5, 0.6) is 0 Å². The maximum Gasteiger partial charge on any atom is 0.259 e. The van der Waals surface area contributed by atoms with E-state index in [0.717, 1.165) is 16.5 Å². The van der Waals surface area contributed by atoms with E-state index in [9.17, 15) is 10.1 Å². The van der Waals surface area contributed by atoms with E-state index in [-0.39, 0.29) is 11.8 Å². The van der Waals surface area contributed by atoms with E-state index in [1.54, 1.807) is 17.0 Å². The van der Waals surface area contributed by atoms with Crippen molar-refractivity contribution in [2.45, 2.75) is 12.8 Å². The maximum absolute atomic E-state index is 12.6. The molecular weight excluding hydrogens is 298 g/mol. The number of amides is 1. The van der Waals surface area contributed by atoms with E-state index in [0.29, 0.717) is 30.0 Å². The minimum Gasteiger partial charge on any atom is -0.306 e. The Bertz CT molecular complexity index is 847. The smallest absolute Gasteiger partial charge is 0.259 e. The number of hydrogen-bond donors (Lipinski definition) is 0. The van der Waals surface area contributed by atoms with Gasteiger partial charge in [-0.15, -0.1) is 0 Å². The van der Waals surface area contributed by atoms with Crippen LogP contribution >= 0.6 is 11.6 Å². The summed E-state index contributed by atoms with van der Waals surface area (Å²) in [7, 11) is 0. The number of anilines is 1. The van der Waals surface area contributed by atoms with Gasteiger partial charge in [-0.1, -0.05) is 23.7 Å². The van der Waals surface area contributed by atoms with Crippen molar-refractivity contribution in [1.82, 2.24) is 0 Å². The number of nitrogens with zero attached hydrogens (tertiary/aromatic N) is 3. The Labute approximate surface area is 133 Å². The highest BCUT2D eigenvalue weighted by Gasteiger charge is 2.31. The summed E-state index contributed by atoms with van der Waals surface area (Å²) < 4.78 is 0. The van der Waals surface area contributed by atoms with Gasteiger partial charge in [0.1, 0.15) is 0 Å². The van der Waals surface area contributed by atoms with Crippen LogP contribution < -0.4 is 4.90 Å². The van der Waals surface area contributed by atoms with E-state index >= 15 is 0 Å². The molecule has 0 spiro atoms. The first kappa shape index (κ1) is 14.4. The Hall–Kier alpha value is -2.56. The van der Waals surface area contributed by atoms with Gasteiger partial charge in [0.2, 0.25) is 0 Å². The van der Waals surface area contributed by atoms with Gasteiger partial charge < -0.3 is 4.90 Å². The van der Waals surface area contributed by atoms with Crippen LogP contribution in [0.15, 0.2) is 30.3 Å². The molecule has 0 saturated carbocycles. The standard InChI is InChI=1S/C17H12ClN3O/c18-14-6-7-15-16-12(14)4-1-5-13(16)17(22)21(15)10-11(9-20)3-2-8-19/h1,4-7,11H,2-3,10H2. The number of benzene rings is 2. The fourth-order valence-electron chi connectivity index (χ4n) is 2.85. The second kappa shape index (κ2) is 5.67. The van der Waals surface area contributed by atoms with Gasteiger partial charge in [0.05, 0.1) is 23.7 Å². The summed E-state index contributed by atoms with van der Waals surface area (Å²) in [6, 6.07) is 13.3. The fourth-order valence-corrected chi connectivity index (χ4v) is 3.07. The molecule has 4 nitrogen and oxygen atoms in total. The lowest BCUT2D eigenvalue weighted by molar-refractivity contribution is 0.0990. The molecule has 0 saturated heterocycles. The maximum atomic E-state index is 12.6. The van der Waals surface area contributed by atoms with Gasteiger partial charge in [-0.2, -0.15) is 10.5 Å². The Morgan fingerprint density at radius 2 is 2.05 bits per heavy atom. The van der Waals surface area contributed by atoms with Crippen LogP contribution in [0.1, 0.15) is 23.2 Å². The Morgan fingerprint density at radius 1 is 1.23 bits per heavy atom. The second-order valence-electron chi connectivity index (χ2n) is 5.23. The summed E-state index contributed by atoms with van der Waals surface area (Å²) in [5.41, 5.74) is 1.41. The zero-order valence-electron chi connectivity index (χ0n) is 11.7. The number of carbonyl (C=O) groups is 1. The average molecular weight is 310 g/mol. The normalized spacial score (nSPS) is 14.0. The number of nitriles is 2. The lowest BCUT2D eigenvalue weighted by atomic mass is 10.0. The lowest BCUT2D eigenvalue weighted by Crippen LogP contribution is -2.31. The molecule has 2 aromatic rings. The van der Waals surface area contributed by atoms with Crippen LogP contribution in [0.3, 0.4) is 0 Å². The van der Waals surface area contributed by atoms with E-state index < -0.39 is 0 Å². The third-order valence-corrected chi connectivity index (χ3v) is 4.25. The molecule has 1 aliphatic heterocycles. The van der Waals surface area contributed by atoms with Crippen molar-refractivity contribution in [3.05, 3.63) is 40.9 Å². The topological polar surface area (TPSA) is 67.9 Å². The number of halogens is 1. The first-order chi connectivity index (χ1) is 10.7.